The Morgan fingerprint density at radius 1 is 1.21 bits per heavy atom. The van der Waals surface area contributed by atoms with Crippen molar-refractivity contribution in [2.24, 2.45) is 5.10 Å². The van der Waals surface area contributed by atoms with Crippen molar-refractivity contribution in [1.29, 1.82) is 0 Å². The highest BCUT2D eigenvalue weighted by atomic mass is 79.9. The molecular weight excluding hydrogens is 468 g/mol. The van der Waals surface area contributed by atoms with Gasteiger partial charge in [0, 0.05) is 24.4 Å². The first-order valence-corrected chi connectivity index (χ1v) is 9.48. The van der Waals surface area contributed by atoms with E-state index < -0.39 is 15.8 Å². The third-order valence-electron chi connectivity index (χ3n) is 3.57. The van der Waals surface area contributed by atoms with E-state index in [-0.39, 0.29) is 16.4 Å². The number of carbonyl (C=O) groups excluding carboxylic acids is 1. The van der Waals surface area contributed by atoms with Crippen molar-refractivity contribution in [1.82, 2.24) is 15.2 Å². The van der Waals surface area contributed by atoms with Crippen LogP contribution in [0.2, 0.25) is 0 Å². The number of amides is 1. The number of non-ortho nitro benzene ring substituents is 1. The van der Waals surface area contributed by atoms with E-state index in [1.807, 2.05) is 0 Å². The zero-order valence-electron chi connectivity index (χ0n) is 14.4. The Balaban J connectivity index is 1.64. The van der Waals surface area contributed by atoms with Gasteiger partial charge in [0.15, 0.2) is 5.69 Å². The molecule has 0 saturated heterocycles. The lowest BCUT2D eigenvalue weighted by Gasteiger charge is -2.01. The normalized spacial score (nSPS) is 10.9. The molecule has 0 saturated carbocycles. The molecule has 0 aliphatic heterocycles. The van der Waals surface area contributed by atoms with Gasteiger partial charge in [-0.25, -0.2) is 5.43 Å². The summed E-state index contributed by atoms with van der Waals surface area (Å²) in [6.07, 6.45) is 2.90. The Morgan fingerprint density at radius 2 is 1.93 bits per heavy atom. The highest BCUT2D eigenvalue weighted by molar-refractivity contribution is 9.10. The fraction of sp³-hybridized carbons (Fsp3) is 0.0625. The minimum Gasteiger partial charge on any atom is -0.266 e. The van der Waals surface area contributed by atoms with Crippen LogP contribution in [0, 0.1) is 20.2 Å². The minimum atomic E-state index is -0.568. The fourth-order valence-corrected chi connectivity index (χ4v) is 3.45. The van der Waals surface area contributed by atoms with Gasteiger partial charge in [-0.2, -0.15) is 10.2 Å². The first-order valence-electron chi connectivity index (χ1n) is 7.87. The molecule has 1 N–H and O–H groups in total. The third-order valence-corrected chi connectivity index (χ3v) is 5.13. The van der Waals surface area contributed by atoms with Crippen LogP contribution in [0.3, 0.4) is 0 Å². The maximum Gasteiger partial charge on any atom is 0.324 e. The minimum absolute atomic E-state index is 0.00982. The number of nitro groups is 2. The molecule has 13 heteroatoms. The summed E-state index contributed by atoms with van der Waals surface area (Å²) in [6.45, 7) is 0.312. The molecule has 0 aliphatic carbocycles. The van der Waals surface area contributed by atoms with E-state index in [4.69, 9.17) is 0 Å². The summed E-state index contributed by atoms with van der Waals surface area (Å²) in [6, 6.07) is 8.88. The number of nitro benzene ring substituents is 1. The van der Waals surface area contributed by atoms with Gasteiger partial charge in [0.2, 0.25) is 0 Å². The largest absolute Gasteiger partial charge is 0.324 e. The average molecular weight is 479 g/mol. The number of carbonyl (C=O) groups is 1. The molecule has 3 aromatic rings. The van der Waals surface area contributed by atoms with Gasteiger partial charge < -0.3 is 0 Å². The van der Waals surface area contributed by atoms with Crippen molar-refractivity contribution in [3.63, 3.8) is 0 Å². The van der Waals surface area contributed by atoms with E-state index in [0.717, 1.165) is 16.9 Å². The molecule has 0 bridgehead atoms. The van der Waals surface area contributed by atoms with E-state index in [9.17, 15) is 25.0 Å². The van der Waals surface area contributed by atoms with Crippen molar-refractivity contribution in [2.75, 3.05) is 0 Å². The van der Waals surface area contributed by atoms with Crippen LogP contribution in [0.5, 0.6) is 0 Å². The van der Waals surface area contributed by atoms with Crippen LogP contribution in [-0.4, -0.2) is 31.7 Å². The Kier molecular flexibility index (Phi) is 6.09. The predicted octanol–water partition coefficient (Wildman–Crippen LogP) is 3.34. The lowest BCUT2D eigenvalue weighted by molar-refractivity contribution is -0.384. The summed E-state index contributed by atoms with van der Waals surface area (Å²) in [4.78, 5) is 33.1. The molecule has 11 nitrogen and oxygen atoms in total. The van der Waals surface area contributed by atoms with Gasteiger partial charge in [0.25, 0.3) is 11.6 Å². The highest BCUT2D eigenvalue weighted by Crippen LogP contribution is 2.22. The highest BCUT2D eigenvalue weighted by Gasteiger charge is 2.15. The number of halogens is 1. The smallest absolute Gasteiger partial charge is 0.266 e. The number of hydrazone groups is 1. The Morgan fingerprint density at radius 3 is 2.55 bits per heavy atom. The number of rotatable bonds is 7. The van der Waals surface area contributed by atoms with Gasteiger partial charge in [0.1, 0.15) is 0 Å². The van der Waals surface area contributed by atoms with Crippen molar-refractivity contribution in [3.8, 4) is 0 Å². The van der Waals surface area contributed by atoms with E-state index in [0.29, 0.717) is 15.9 Å². The topological polar surface area (TPSA) is 146 Å². The first-order chi connectivity index (χ1) is 13.8. The zero-order chi connectivity index (χ0) is 21.0. The zero-order valence-corrected chi connectivity index (χ0v) is 16.8. The van der Waals surface area contributed by atoms with Crippen LogP contribution >= 0.6 is 27.3 Å². The van der Waals surface area contributed by atoms with E-state index >= 15 is 0 Å². The Bertz CT molecular complexity index is 1110. The number of nitrogens with one attached hydrogen (secondary N) is 1. The van der Waals surface area contributed by atoms with E-state index in [1.54, 1.807) is 18.3 Å². The van der Waals surface area contributed by atoms with Crippen LogP contribution in [0.25, 0.3) is 0 Å². The molecule has 0 radical (unpaired) electrons. The number of aromatic nitrogens is 2. The molecule has 0 aliphatic rings. The number of benzene rings is 1. The number of thiophene rings is 1. The number of hydrogen-bond acceptors (Lipinski definition) is 8. The van der Waals surface area contributed by atoms with Gasteiger partial charge >= 0.3 is 5.00 Å². The monoisotopic (exact) mass is 478 g/mol. The van der Waals surface area contributed by atoms with Gasteiger partial charge in [-0.05, 0) is 27.6 Å². The van der Waals surface area contributed by atoms with Gasteiger partial charge in [-0.15, -0.1) is 0 Å². The second-order valence-electron chi connectivity index (χ2n) is 5.58. The second kappa shape index (κ2) is 8.70. The summed E-state index contributed by atoms with van der Waals surface area (Å²) < 4.78 is 1.95. The molecular formula is C16H11BrN6O5S. The van der Waals surface area contributed by atoms with Gasteiger partial charge in [0.05, 0.1) is 32.0 Å². The Hall–Kier alpha value is -3.45. The SMILES string of the molecule is O=C(N/N=C/c1ccc([N+](=O)[O-])s1)c1nn(Cc2ccc([N+](=O)[O-])cc2)cc1Br. The molecule has 29 heavy (non-hydrogen) atoms. The Labute approximate surface area is 175 Å². The first kappa shape index (κ1) is 20.3. The summed E-state index contributed by atoms with van der Waals surface area (Å²) in [5.41, 5.74) is 3.17. The van der Waals surface area contributed by atoms with Crippen molar-refractivity contribution in [3.05, 3.63) is 83.4 Å². The molecule has 148 valence electrons. The van der Waals surface area contributed by atoms with Crippen molar-refractivity contribution in [2.45, 2.75) is 6.54 Å². The quantitative estimate of drug-likeness (QED) is 0.313. The molecule has 2 aromatic heterocycles. The van der Waals surface area contributed by atoms with E-state index in [1.165, 1.54) is 35.2 Å². The molecule has 1 amide bonds. The second-order valence-corrected chi connectivity index (χ2v) is 7.53. The number of hydrogen-bond donors (Lipinski definition) is 1. The van der Waals surface area contributed by atoms with Crippen LogP contribution in [0.15, 0.2) is 52.2 Å². The molecule has 1 aromatic carbocycles. The summed E-state index contributed by atoms with van der Waals surface area (Å²) in [7, 11) is 0. The van der Waals surface area contributed by atoms with Crippen LogP contribution in [-0.2, 0) is 6.54 Å². The van der Waals surface area contributed by atoms with Crippen molar-refractivity contribution >= 4 is 50.1 Å². The average Bonchev–Trinajstić information content (AvgIpc) is 3.29. The van der Waals surface area contributed by atoms with Crippen LogP contribution in [0.1, 0.15) is 20.9 Å². The summed E-state index contributed by atoms with van der Waals surface area (Å²) in [5.74, 6) is -0.568. The summed E-state index contributed by atoms with van der Waals surface area (Å²) >= 11 is 4.19. The van der Waals surface area contributed by atoms with Crippen LogP contribution in [0.4, 0.5) is 10.7 Å². The molecule has 0 fully saturated rings. The molecule has 0 unspecified atom stereocenters. The third kappa shape index (κ3) is 5.08. The standard InChI is InChI=1S/C16H11BrN6O5S/c17-13-9-21(8-10-1-3-11(4-2-10)22(25)26)20-15(13)16(24)19-18-7-12-5-6-14(29-12)23(27)28/h1-7,9H,8H2,(H,19,24)/b18-7+. The van der Waals surface area contributed by atoms with Crippen LogP contribution < -0.4 is 5.43 Å². The van der Waals surface area contributed by atoms with Gasteiger partial charge in [-0.1, -0.05) is 23.5 Å². The maximum atomic E-state index is 12.2. The predicted molar refractivity (Wildman–Crippen MR) is 108 cm³/mol. The lowest BCUT2D eigenvalue weighted by atomic mass is 10.2. The van der Waals surface area contributed by atoms with Crippen molar-refractivity contribution < 1.29 is 14.6 Å². The molecule has 0 atom stereocenters. The molecule has 2 heterocycles. The lowest BCUT2D eigenvalue weighted by Crippen LogP contribution is -2.19. The maximum absolute atomic E-state index is 12.2. The van der Waals surface area contributed by atoms with Gasteiger partial charge in [-0.3, -0.25) is 29.7 Å². The summed E-state index contributed by atoms with van der Waals surface area (Å²) in [5, 5.41) is 29.3. The van der Waals surface area contributed by atoms with E-state index in [2.05, 4.69) is 31.6 Å². The molecule has 3 rings (SSSR count). The molecule has 0 spiro atoms. The number of nitrogens with zero attached hydrogens (tertiary/aromatic N) is 5. The fourth-order valence-electron chi connectivity index (χ4n) is 2.26.